The molecule has 0 spiro atoms. The van der Waals surface area contributed by atoms with Gasteiger partial charge < -0.3 is 0 Å². The number of sulfone groups is 1. The SMILES string of the molecule is CCP(CC)(CC)(CCS(C)(=O)=O)N(S(=O)(=O)C(F)(F)F)S(=O)(=O)C(F)(F)F. The van der Waals surface area contributed by atoms with Crippen LogP contribution in [0.5, 0.6) is 0 Å². The van der Waals surface area contributed by atoms with E-state index >= 15 is 0 Å². The van der Waals surface area contributed by atoms with Crippen LogP contribution >= 0.6 is 6.75 Å². The van der Waals surface area contributed by atoms with Crippen molar-refractivity contribution in [1.29, 1.82) is 0 Å². The van der Waals surface area contributed by atoms with Gasteiger partial charge in [-0.1, -0.05) is 0 Å². The Morgan fingerprint density at radius 1 is 0.714 bits per heavy atom. The number of sulfonamides is 2. The number of halogens is 6. The van der Waals surface area contributed by atoms with E-state index < -0.39 is 81.5 Å². The standard InChI is InChI=1S/C11H22F6NO6PS3/c1-5-25(6-2,7-3,8-9-26(4,19)20)18(27(21,22)10(12,13)14)28(23,24)11(15,16)17/h5-9H2,1-4H3. The molecule has 28 heavy (non-hydrogen) atoms. The first kappa shape index (κ1) is 27.8. The Bertz CT molecular complexity index is 835. The van der Waals surface area contributed by atoms with Crippen LogP contribution in [0, 0.1) is 0 Å². The van der Waals surface area contributed by atoms with Crippen molar-refractivity contribution in [3.63, 3.8) is 0 Å². The summed E-state index contributed by atoms with van der Waals surface area (Å²) in [4.78, 5) is 0. The maximum atomic E-state index is 13.2. The molecule has 0 aromatic carbocycles. The molecule has 0 rings (SSSR count). The van der Waals surface area contributed by atoms with Crippen LogP contribution in [0.2, 0.25) is 0 Å². The Balaban J connectivity index is 7.51. The molecule has 0 aromatic heterocycles. The predicted molar refractivity (Wildman–Crippen MR) is 94.9 cm³/mol. The summed E-state index contributed by atoms with van der Waals surface area (Å²) in [7, 11) is -18.0. The van der Waals surface area contributed by atoms with Crippen molar-refractivity contribution < 1.29 is 51.6 Å². The fraction of sp³-hybridized carbons (Fsp3) is 1.00. The van der Waals surface area contributed by atoms with E-state index in [0.29, 0.717) is 6.26 Å². The first-order valence-electron chi connectivity index (χ1n) is 7.69. The van der Waals surface area contributed by atoms with Crippen molar-refractivity contribution in [3.8, 4) is 0 Å². The minimum absolute atomic E-state index is 0.653. The van der Waals surface area contributed by atoms with E-state index in [1.807, 2.05) is 0 Å². The van der Waals surface area contributed by atoms with Crippen molar-refractivity contribution >= 4 is 36.6 Å². The van der Waals surface area contributed by atoms with Gasteiger partial charge in [0, 0.05) is 0 Å². The van der Waals surface area contributed by atoms with Gasteiger partial charge in [0.15, 0.2) is 0 Å². The minimum atomic E-state index is -7.01. The topological polar surface area (TPSA) is 106 Å². The summed E-state index contributed by atoms with van der Waals surface area (Å²) < 4.78 is 149. The zero-order valence-corrected chi connectivity index (χ0v) is 18.7. The number of rotatable bonds is 9. The van der Waals surface area contributed by atoms with Gasteiger partial charge in [0.2, 0.25) is 0 Å². The van der Waals surface area contributed by atoms with Gasteiger partial charge in [0.05, 0.1) is 0 Å². The third-order valence-electron chi connectivity index (χ3n) is 4.93. The van der Waals surface area contributed by atoms with Crippen LogP contribution in [0.15, 0.2) is 0 Å². The van der Waals surface area contributed by atoms with Gasteiger partial charge in [-0.05, 0) is 0 Å². The molecule has 0 saturated carbocycles. The zero-order valence-electron chi connectivity index (χ0n) is 15.4. The first-order chi connectivity index (χ1) is 12.1. The molecule has 0 fully saturated rings. The molecule has 0 N–H and O–H groups in total. The van der Waals surface area contributed by atoms with Crippen LogP contribution in [0.3, 0.4) is 0 Å². The van der Waals surface area contributed by atoms with E-state index in [-0.39, 0.29) is 0 Å². The van der Waals surface area contributed by atoms with E-state index in [2.05, 4.69) is 0 Å². The monoisotopic (exact) mass is 505 g/mol. The van der Waals surface area contributed by atoms with Crippen LogP contribution in [-0.2, 0) is 29.9 Å². The first-order valence-corrected chi connectivity index (χ1v) is 15.6. The Morgan fingerprint density at radius 3 is 1.18 bits per heavy atom. The van der Waals surface area contributed by atoms with Crippen LogP contribution in [0.25, 0.3) is 0 Å². The summed E-state index contributed by atoms with van der Waals surface area (Å²) in [6, 6.07) is 0. The molecule has 0 atom stereocenters. The van der Waals surface area contributed by atoms with Crippen molar-refractivity contribution in [3.05, 3.63) is 0 Å². The maximum absolute atomic E-state index is 13.2. The van der Waals surface area contributed by atoms with Crippen molar-refractivity contribution in [1.82, 2.24) is 3.48 Å². The summed E-state index contributed by atoms with van der Waals surface area (Å²) in [5.41, 5.74) is -12.7. The second-order valence-electron chi connectivity index (χ2n) is 6.29. The molecule has 0 aliphatic heterocycles. The van der Waals surface area contributed by atoms with Crippen LogP contribution in [0.4, 0.5) is 26.3 Å². The van der Waals surface area contributed by atoms with Crippen molar-refractivity contribution in [2.24, 2.45) is 0 Å². The molecule has 0 amide bonds. The number of nitrogens with zero attached hydrogens (tertiary/aromatic N) is 1. The molecule has 0 heterocycles. The van der Waals surface area contributed by atoms with Gasteiger partial charge in [-0.15, -0.1) is 0 Å². The predicted octanol–water partition coefficient (Wildman–Crippen LogP) is 2.56. The normalized spacial score (nSPS) is 16.8. The van der Waals surface area contributed by atoms with Crippen LogP contribution < -0.4 is 0 Å². The van der Waals surface area contributed by atoms with Crippen LogP contribution in [-0.4, -0.2) is 76.4 Å². The molecular weight excluding hydrogens is 483 g/mol. The van der Waals surface area contributed by atoms with Gasteiger partial charge in [0.1, 0.15) is 0 Å². The molecule has 0 radical (unpaired) electrons. The third kappa shape index (κ3) is 4.76. The van der Waals surface area contributed by atoms with Gasteiger partial charge in [0.25, 0.3) is 0 Å². The van der Waals surface area contributed by atoms with E-state index in [0.717, 1.165) is 20.8 Å². The summed E-state index contributed by atoms with van der Waals surface area (Å²) in [6.07, 6.45) is -2.39. The van der Waals surface area contributed by atoms with E-state index in [1.165, 1.54) is 0 Å². The fourth-order valence-electron chi connectivity index (χ4n) is 2.89. The summed E-state index contributed by atoms with van der Waals surface area (Å²) >= 11 is 0. The summed E-state index contributed by atoms with van der Waals surface area (Å²) in [5, 5.41) is 0. The van der Waals surface area contributed by atoms with E-state index in [4.69, 9.17) is 0 Å². The van der Waals surface area contributed by atoms with E-state index in [1.54, 1.807) is 0 Å². The number of hydrogen-bond donors (Lipinski definition) is 0. The quantitative estimate of drug-likeness (QED) is 0.352. The Labute approximate surface area is 160 Å². The Morgan fingerprint density at radius 2 is 1.00 bits per heavy atom. The molecule has 0 unspecified atom stereocenters. The van der Waals surface area contributed by atoms with Gasteiger partial charge in [-0.2, -0.15) is 0 Å². The molecule has 7 nitrogen and oxygen atoms in total. The second-order valence-corrected chi connectivity index (χ2v) is 19.4. The van der Waals surface area contributed by atoms with Gasteiger partial charge >= 0.3 is 160 Å². The average molecular weight is 505 g/mol. The number of hydrogen-bond acceptors (Lipinski definition) is 6. The number of alkyl halides is 6. The molecule has 172 valence electrons. The molecule has 0 bridgehead atoms. The van der Waals surface area contributed by atoms with Crippen molar-refractivity contribution in [2.45, 2.75) is 31.8 Å². The molecule has 0 aliphatic rings. The van der Waals surface area contributed by atoms with E-state index in [9.17, 15) is 51.6 Å². The molecule has 17 heteroatoms. The Kier molecular flexibility index (Phi) is 7.77. The fourth-order valence-corrected chi connectivity index (χ4v) is 19.1. The summed E-state index contributed by atoms with van der Waals surface area (Å²) in [6.45, 7) is -2.01. The molecule has 0 aromatic rings. The average Bonchev–Trinajstić information content (AvgIpc) is 2.48. The zero-order chi connectivity index (χ0) is 23.1. The molecule has 0 aliphatic carbocycles. The third-order valence-corrected chi connectivity index (χ3v) is 20.6. The van der Waals surface area contributed by atoms with Gasteiger partial charge in [-0.3, -0.25) is 0 Å². The van der Waals surface area contributed by atoms with Gasteiger partial charge in [-0.25, -0.2) is 0 Å². The Hall–Kier alpha value is -0.180. The summed E-state index contributed by atoms with van der Waals surface area (Å²) in [5.74, 6) is -0.975. The van der Waals surface area contributed by atoms with Crippen LogP contribution in [0.1, 0.15) is 20.8 Å². The molecular formula is C11H22F6NO6PS3. The molecule has 0 saturated heterocycles. The van der Waals surface area contributed by atoms with Crippen molar-refractivity contribution in [2.75, 3.05) is 36.7 Å². The second kappa shape index (κ2) is 7.82.